The summed E-state index contributed by atoms with van der Waals surface area (Å²) in [6, 6.07) is 17.2. The summed E-state index contributed by atoms with van der Waals surface area (Å²) in [5, 5.41) is 8.23. The summed E-state index contributed by atoms with van der Waals surface area (Å²) in [6.07, 6.45) is 1.70. The Kier molecular flexibility index (Phi) is 5.55. The van der Waals surface area contributed by atoms with Gasteiger partial charge in [0.2, 0.25) is 0 Å². The molecule has 5 rings (SSSR count). The van der Waals surface area contributed by atoms with E-state index in [9.17, 15) is 9.59 Å². The van der Waals surface area contributed by atoms with E-state index in [1.165, 1.54) is 6.07 Å². The lowest BCUT2D eigenvalue weighted by molar-refractivity contribution is 0.0966. The maximum Gasteiger partial charge on any atom is 0.319 e. The van der Waals surface area contributed by atoms with E-state index >= 15 is 4.39 Å². The van der Waals surface area contributed by atoms with Crippen molar-refractivity contribution in [2.75, 3.05) is 5.32 Å². The summed E-state index contributed by atoms with van der Waals surface area (Å²) in [7, 11) is 0. The van der Waals surface area contributed by atoms with Crippen molar-refractivity contribution in [2.45, 2.75) is 20.0 Å². The highest BCUT2D eigenvalue weighted by molar-refractivity contribution is 6.06. The number of carbonyl (C=O) groups is 2. The minimum absolute atomic E-state index is 0.213. The first-order valence-corrected chi connectivity index (χ1v) is 10.8. The number of aromatic amines is 1. The Morgan fingerprint density at radius 1 is 1.06 bits per heavy atom. The second-order valence-electron chi connectivity index (χ2n) is 8.10. The third kappa shape index (κ3) is 4.13. The summed E-state index contributed by atoms with van der Waals surface area (Å²) in [5.41, 5.74) is 5.04. The molecule has 0 bridgehead atoms. The number of nitrogens with one attached hydrogen (secondary N) is 4. The molecule has 0 atom stereocenters. The van der Waals surface area contributed by atoms with E-state index < -0.39 is 11.8 Å². The number of halogens is 1. The lowest BCUT2D eigenvalue weighted by Gasteiger charge is -2.13. The molecule has 0 fully saturated rings. The highest BCUT2D eigenvalue weighted by atomic mass is 19.1. The van der Waals surface area contributed by atoms with Gasteiger partial charge < -0.3 is 20.9 Å². The van der Waals surface area contributed by atoms with Gasteiger partial charge >= 0.3 is 6.03 Å². The second kappa shape index (κ2) is 8.82. The molecule has 0 unspecified atom stereocenters. The Labute approximate surface area is 195 Å². The van der Waals surface area contributed by atoms with Crippen molar-refractivity contribution in [1.82, 2.24) is 20.6 Å². The van der Waals surface area contributed by atoms with E-state index in [0.717, 1.165) is 16.8 Å². The number of urea groups is 1. The number of anilines is 1. The Bertz CT molecular complexity index is 1400. The number of rotatable bonds is 5. The third-order valence-electron chi connectivity index (χ3n) is 5.74. The first kappa shape index (κ1) is 21.4. The fraction of sp³-hybridized carbons (Fsp3) is 0.115. The van der Waals surface area contributed by atoms with Crippen LogP contribution in [0.25, 0.3) is 22.5 Å². The summed E-state index contributed by atoms with van der Waals surface area (Å²) < 4.78 is 15.1. The number of amides is 3. The number of carbonyl (C=O) groups excluding carboxylic acids is 2. The number of aryl methyl sites for hydroxylation is 1. The van der Waals surface area contributed by atoms with Gasteiger partial charge in [-0.05, 0) is 47.9 Å². The molecule has 4 N–H and O–H groups in total. The van der Waals surface area contributed by atoms with E-state index in [1.807, 2.05) is 37.3 Å². The predicted molar refractivity (Wildman–Crippen MR) is 128 cm³/mol. The lowest BCUT2D eigenvalue weighted by atomic mass is 9.92. The first-order valence-electron chi connectivity index (χ1n) is 10.8. The fourth-order valence-corrected chi connectivity index (χ4v) is 4.11. The van der Waals surface area contributed by atoms with Gasteiger partial charge in [0.25, 0.3) is 5.91 Å². The number of aromatic nitrogens is 2. The lowest BCUT2D eigenvalue weighted by Crippen LogP contribution is -2.28. The van der Waals surface area contributed by atoms with Crippen molar-refractivity contribution in [3.8, 4) is 22.5 Å². The maximum absolute atomic E-state index is 15.1. The van der Waals surface area contributed by atoms with Gasteiger partial charge in [0.15, 0.2) is 0 Å². The Morgan fingerprint density at radius 2 is 1.82 bits per heavy atom. The third-order valence-corrected chi connectivity index (χ3v) is 5.74. The molecule has 170 valence electrons. The van der Waals surface area contributed by atoms with Crippen LogP contribution in [0.3, 0.4) is 0 Å². The molecular formula is C26H22FN5O2. The van der Waals surface area contributed by atoms with E-state index in [4.69, 9.17) is 0 Å². The fourth-order valence-electron chi connectivity index (χ4n) is 4.11. The zero-order valence-corrected chi connectivity index (χ0v) is 18.4. The van der Waals surface area contributed by atoms with Gasteiger partial charge in [0.05, 0.1) is 5.56 Å². The number of hydrogen-bond donors (Lipinski definition) is 4. The van der Waals surface area contributed by atoms with Crippen LogP contribution in [-0.4, -0.2) is 21.9 Å². The molecule has 34 heavy (non-hydrogen) atoms. The Hall–Kier alpha value is -4.46. The summed E-state index contributed by atoms with van der Waals surface area (Å²) in [6.45, 7) is 2.55. The van der Waals surface area contributed by atoms with Crippen molar-refractivity contribution in [3.05, 3.63) is 95.1 Å². The summed E-state index contributed by atoms with van der Waals surface area (Å²) in [5.74, 6) is -0.113. The van der Waals surface area contributed by atoms with E-state index in [0.29, 0.717) is 46.9 Å². The number of benzene rings is 3. The highest BCUT2D eigenvalue weighted by Crippen LogP contribution is 2.36. The molecule has 1 aromatic heterocycles. The standard InChI is InChI=1S/C26H22FN5O2/c1-15-12-28-24(31-15)20-10-9-18(21-14-29-25(33)23(20)21)19-8-7-17(11-22(19)27)32-26(34)30-13-16-5-3-2-4-6-16/h2-12H,13-14H2,1H3,(H,28,31)(H,29,33)(H2,30,32,34). The van der Waals surface area contributed by atoms with Crippen LogP contribution in [0.1, 0.15) is 27.2 Å². The normalized spacial score (nSPS) is 12.2. The van der Waals surface area contributed by atoms with Gasteiger partial charge in [-0.3, -0.25) is 4.79 Å². The van der Waals surface area contributed by atoms with Crippen LogP contribution in [0, 0.1) is 12.7 Å². The number of nitrogens with zero attached hydrogens (tertiary/aromatic N) is 1. The molecule has 3 amide bonds. The van der Waals surface area contributed by atoms with Gasteiger partial charge in [-0.2, -0.15) is 0 Å². The van der Waals surface area contributed by atoms with Crippen molar-refractivity contribution < 1.29 is 14.0 Å². The first-order chi connectivity index (χ1) is 16.5. The van der Waals surface area contributed by atoms with Crippen molar-refractivity contribution >= 4 is 17.6 Å². The quantitative estimate of drug-likeness (QED) is 0.349. The molecule has 7 nitrogen and oxygen atoms in total. The molecule has 0 spiro atoms. The van der Waals surface area contributed by atoms with Crippen molar-refractivity contribution in [2.24, 2.45) is 0 Å². The molecule has 0 radical (unpaired) electrons. The van der Waals surface area contributed by atoms with Gasteiger partial charge in [-0.15, -0.1) is 0 Å². The van der Waals surface area contributed by atoms with Crippen LogP contribution < -0.4 is 16.0 Å². The van der Waals surface area contributed by atoms with Gasteiger partial charge in [-0.25, -0.2) is 14.2 Å². The maximum atomic E-state index is 15.1. The number of imidazole rings is 1. The smallest absolute Gasteiger partial charge is 0.319 e. The summed E-state index contributed by atoms with van der Waals surface area (Å²) >= 11 is 0. The van der Waals surface area contributed by atoms with Gasteiger partial charge in [-0.1, -0.05) is 36.4 Å². The molecule has 1 aliphatic rings. The molecule has 0 aliphatic carbocycles. The Balaban J connectivity index is 1.38. The average molecular weight is 455 g/mol. The Morgan fingerprint density at radius 3 is 2.56 bits per heavy atom. The SMILES string of the molecule is Cc1cnc(-c2ccc(-c3ccc(NC(=O)NCc4ccccc4)cc3F)c3c2C(=O)NC3)[nH]1. The van der Waals surface area contributed by atoms with Gasteiger partial charge in [0, 0.05) is 41.8 Å². The molecule has 1 aliphatic heterocycles. The molecule has 0 saturated heterocycles. The molecule has 2 heterocycles. The van der Waals surface area contributed by atoms with Crippen LogP contribution in [0.2, 0.25) is 0 Å². The van der Waals surface area contributed by atoms with Crippen LogP contribution >= 0.6 is 0 Å². The molecule has 0 saturated carbocycles. The topological polar surface area (TPSA) is 98.9 Å². The van der Waals surface area contributed by atoms with E-state index in [1.54, 1.807) is 30.5 Å². The molecule has 8 heteroatoms. The van der Waals surface area contributed by atoms with Crippen molar-refractivity contribution in [1.29, 1.82) is 0 Å². The largest absolute Gasteiger partial charge is 0.348 e. The van der Waals surface area contributed by atoms with Crippen LogP contribution in [0.4, 0.5) is 14.9 Å². The van der Waals surface area contributed by atoms with E-state index in [-0.39, 0.29) is 5.91 Å². The minimum Gasteiger partial charge on any atom is -0.348 e. The van der Waals surface area contributed by atoms with Crippen molar-refractivity contribution in [3.63, 3.8) is 0 Å². The zero-order chi connectivity index (χ0) is 23.7. The zero-order valence-electron chi connectivity index (χ0n) is 18.4. The second-order valence-corrected chi connectivity index (χ2v) is 8.10. The number of fused-ring (bicyclic) bond motifs is 1. The van der Waals surface area contributed by atoms with Crippen LogP contribution in [0.5, 0.6) is 0 Å². The monoisotopic (exact) mass is 455 g/mol. The predicted octanol–water partition coefficient (Wildman–Crippen LogP) is 4.76. The molecular weight excluding hydrogens is 433 g/mol. The van der Waals surface area contributed by atoms with Gasteiger partial charge in [0.1, 0.15) is 11.6 Å². The highest BCUT2D eigenvalue weighted by Gasteiger charge is 2.28. The molecule has 4 aromatic rings. The van der Waals surface area contributed by atoms with E-state index in [2.05, 4.69) is 25.9 Å². The average Bonchev–Trinajstić information content (AvgIpc) is 3.44. The van der Waals surface area contributed by atoms with Crippen LogP contribution in [-0.2, 0) is 13.1 Å². The van der Waals surface area contributed by atoms with Crippen LogP contribution in [0.15, 0.2) is 66.9 Å². The molecule has 3 aromatic carbocycles. The number of H-pyrrole nitrogens is 1. The minimum atomic E-state index is -0.496. The summed E-state index contributed by atoms with van der Waals surface area (Å²) in [4.78, 5) is 32.3. The number of hydrogen-bond acceptors (Lipinski definition) is 3.